The summed E-state index contributed by atoms with van der Waals surface area (Å²) in [4.78, 5) is 11.6. The van der Waals surface area contributed by atoms with E-state index in [0.717, 1.165) is 18.4 Å². The van der Waals surface area contributed by atoms with E-state index in [-0.39, 0.29) is 11.8 Å². The third-order valence-electron chi connectivity index (χ3n) is 3.37. The van der Waals surface area contributed by atoms with Crippen LogP contribution in [-0.4, -0.2) is 12.5 Å². The van der Waals surface area contributed by atoms with Crippen LogP contribution in [0.15, 0.2) is 24.3 Å². The molecule has 0 radical (unpaired) electrons. The molecule has 1 aromatic rings. The zero-order valence-electron chi connectivity index (χ0n) is 10.3. The number of carbonyl (C=O) groups excluding carboxylic acids is 1. The molecule has 1 saturated carbocycles. The predicted octanol–water partition coefficient (Wildman–Crippen LogP) is 1.46. The standard InChI is InChI=1S/C14H20N2O/c1-10-8-13(10)14(17)16-9-12-4-2-11(3-5-12)6-7-15/h2-5,10,13H,6-9,15H2,1H3,(H,16,17). The lowest BCUT2D eigenvalue weighted by molar-refractivity contribution is -0.122. The molecule has 0 aromatic heterocycles. The Labute approximate surface area is 102 Å². The summed E-state index contributed by atoms with van der Waals surface area (Å²) in [5, 5.41) is 2.98. The summed E-state index contributed by atoms with van der Waals surface area (Å²) < 4.78 is 0. The summed E-state index contributed by atoms with van der Waals surface area (Å²) >= 11 is 0. The molecule has 0 bridgehead atoms. The van der Waals surface area contributed by atoms with Crippen LogP contribution in [0.2, 0.25) is 0 Å². The van der Waals surface area contributed by atoms with Gasteiger partial charge in [0.25, 0.3) is 0 Å². The summed E-state index contributed by atoms with van der Waals surface area (Å²) in [5.74, 6) is 1.02. The van der Waals surface area contributed by atoms with Crippen LogP contribution in [-0.2, 0) is 17.8 Å². The molecular formula is C14H20N2O. The van der Waals surface area contributed by atoms with E-state index in [4.69, 9.17) is 5.73 Å². The molecule has 0 saturated heterocycles. The second-order valence-electron chi connectivity index (χ2n) is 4.89. The highest BCUT2D eigenvalue weighted by Crippen LogP contribution is 2.37. The molecule has 1 aliphatic carbocycles. The fraction of sp³-hybridized carbons (Fsp3) is 0.500. The number of nitrogens with one attached hydrogen (secondary N) is 1. The Morgan fingerprint density at radius 3 is 2.47 bits per heavy atom. The second kappa shape index (κ2) is 5.32. The van der Waals surface area contributed by atoms with E-state index in [9.17, 15) is 4.79 Å². The summed E-state index contributed by atoms with van der Waals surface area (Å²) in [6.07, 6.45) is 1.95. The van der Waals surface area contributed by atoms with Crippen LogP contribution in [0.3, 0.4) is 0 Å². The average Bonchev–Trinajstić information content (AvgIpc) is 3.06. The molecule has 1 fully saturated rings. The van der Waals surface area contributed by atoms with Crippen molar-refractivity contribution < 1.29 is 4.79 Å². The lowest BCUT2D eigenvalue weighted by atomic mass is 10.1. The third-order valence-corrected chi connectivity index (χ3v) is 3.37. The van der Waals surface area contributed by atoms with Gasteiger partial charge in [-0.25, -0.2) is 0 Å². The van der Waals surface area contributed by atoms with E-state index in [1.165, 1.54) is 5.56 Å². The van der Waals surface area contributed by atoms with Crippen molar-refractivity contribution in [1.29, 1.82) is 0 Å². The van der Waals surface area contributed by atoms with Crippen molar-refractivity contribution in [3.8, 4) is 0 Å². The summed E-state index contributed by atoms with van der Waals surface area (Å²) in [6.45, 7) is 3.42. The van der Waals surface area contributed by atoms with E-state index in [2.05, 4.69) is 36.5 Å². The SMILES string of the molecule is CC1CC1C(=O)NCc1ccc(CCN)cc1. The number of hydrogen-bond acceptors (Lipinski definition) is 2. The molecule has 2 atom stereocenters. The molecule has 3 nitrogen and oxygen atoms in total. The fourth-order valence-corrected chi connectivity index (χ4v) is 2.00. The minimum atomic E-state index is 0.198. The van der Waals surface area contributed by atoms with Gasteiger partial charge in [-0.05, 0) is 36.4 Å². The number of amides is 1. The Bertz CT molecular complexity index is 386. The monoisotopic (exact) mass is 232 g/mol. The molecule has 2 unspecified atom stereocenters. The molecule has 2 rings (SSSR count). The fourth-order valence-electron chi connectivity index (χ4n) is 2.00. The van der Waals surface area contributed by atoms with E-state index in [1.54, 1.807) is 0 Å². The van der Waals surface area contributed by atoms with Crippen molar-refractivity contribution in [3.63, 3.8) is 0 Å². The summed E-state index contributed by atoms with van der Waals surface area (Å²) in [6, 6.07) is 8.27. The third kappa shape index (κ3) is 3.30. The molecule has 1 aliphatic rings. The number of hydrogen-bond donors (Lipinski definition) is 2. The van der Waals surface area contributed by atoms with Gasteiger partial charge in [0.1, 0.15) is 0 Å². The van der Waals surface area contributed by atoms with Crippen molar-refractivity contribution in [2.75, 3.05) is 6.54 Å². The first kappa shape index (κ1) is 12.1. The van der Waals surface area contributed by atoms with Gasteiger partial charge >= 0.3 is 0 Å². The Hall–Kier alpha value is -1.35. The second-order valence-corrected chi connectivity index (χ2v) is 4.89. The van der Waals surface area contributed by atoms with Crippen LogP contribution in [0, 0.1) is 11.8 Å². The minimum Gasteiger partial charge on any atom is -0.352 e. The molecule has 3 heteroatoms. The Morgan fingerprint density at radius 1 is 1.35 bits per heavy atom. The molecule has 0 aliphatic heterocycles. The smallest absolute Gasteiger partial charge is 0.223 e. The average molecular weight is 232 g/mol. The Balaban J connectivity index is 1.80. The van der Waals surface area contributed by atoms with Gasteiger partial charge in [-0.1, -0.05) is 31.2 Å². The van der Waals surface area contributed by atoms with Crippen LogP contribution in [0.25, 0.3) is 0 Å². The first-order valence-corrected chi connectivity index (χ1v) is 6.26. The normalized spacial score (nSPS) is 22.2. The number of nitrogens with two attached hydrogens (primary N) is 1. The van der Waals surface area contributed by atoms with E-state index in [0.29, 0.717) is 19.0 Å². The van der Waals surface area contributed by atoms with Gasteiger partial charge in [-0.2, -0.15) is 0 Å². The molecule has 0 heterocycles. The first-order valence-electron chi connectivity index (χ1n) is 6.26. The van der Waals surface area contributed by atoms with Gasteiger partial charge in [0, 0.05) is 12.5 Å². The van der Waals surface area contributed by atoms with E-state index < -0.39 is 0 Å². The van der Waals surface area contributed by atoms with Crippen molar-refractivity contribution in [3.05, 3.63) is 35.4 Å². The molecule has 0 spiro atoms. The van der Waals surface area contributed by atoms with Gasteiger partial charge in [0.2, 0.25) is 5.91 Å². The van der Waals surface area contributed by atoms with Crippen molar-refractivity contribution in [2.45, 2.75) is 26.3 Å². The number of rotatable bonds is 5. The molecule has 17 heavy (non-hydrogen) atoms. The molecule has 1 amide bonds. The predicted molar refractivity (Wildman–Crippen MR) is 68.3 cm³/mol. The lowest BCUT2D eigenvalue weighted by Crippen LogP contribution is -2.24. The zero-order valence-corrected chi connectivity index (χ0v) is 10.3. The summed E-state index contributed by atoms with van der Waals surface area (Å²) in [5.41, 5.74) is 7.89. The van der Waals surface area contributed by atoms with Crippen LogP contribution in [0.4, 0.5) is 0 Å². The topological polar surface area (TPSA) is 55.1 Å². The molecule has 1 aromatic carbocycles. The minimum absolute atomic E-state index is 0.198. The van der Waals surface area contributed by atoms with E-state index in [1.807, 2.05) is 0 Å². The Morgan fingerprint density at radius 2 is 1.94 bits per heavy atom. The van der Waals surface area contributed by atoms with Crippen molar-refractivity contribution >= 4 is 5.91 Å². The summed E-state index contributed by atoms with van der Waals surface area (Å²) in [7, 11) is 0. The molecule has 92 valence electrons. The van der Waals surface area contributed by atoms with Gasteiger partial charge in [0.15, 0.2) is 0 Å². The molecule has 3 N–H and O–H groups in total. The van der Waals surface area contributed by atoms with Gasteiger partial charge in [0.05, 0.1) is 0 Å². The number of benzene rings is 1. The van der Waals surface area contributed by atoms with Crippen LogP contribution >= 0.6 is 0 Å². The van der Waals surface area contributed by atoms with Crippen molar-refractivity contribution in [1.82, 2.24) is 5.32 Å². The lowest BCUT2D eigenvalue weighted by Gasteiger charge is -2.05. The van der Waals surface area contributed by atoms with Crippen molar-refractivity contribution in [2.24, 2.45) is 17.6 Å². The maximum atomic E-state index is 11.6. The van der Waals surface area contributed by atoms with E-state index >= 15 is 0 Å². The maximum absolute atomic E-state index is 11.6. The highest BCUT2D eigenvalue weighted by atomic mass is 16.2. The quantitative estimate of drug-likeness (QED) is 0.807. The Kier molecular flexibility index (Phi) is 3.79. The van der Waals surface area contributed by atoms with Gasteiger partial charge in [-0.15, -0.1) is 0 Å². The highest BCUT2D eigenvalue weighted by Gasteiger charge is 2.38. The van der Waals surface area contributed by atoms with Gasteiger partial charge < -0.3 is 11.1 Å². The maximum Gasteiger partial charge on any atom is 0.223 e. The molecular weight excluding hydrogens is 212 g/mol. The largest absolute Gasteiger partial charge is 0.352 e. The zero-order chi connectivity index (χ0) is 12.3. The van der Waals surface area contributed by atoms with Crippen LogP contribution < -0.4 is 11.1 Å². The highest BCUT2D eigenvalue weighted by molar-refractivity contribution is 5.81. The van der Waals surface area contributed by atoms with Gasteiger partial charge in [-0.3, -0.25) is 4.79 Å². The van der Waals surface area contributed by atoms with Crippen LogP contribution in [0.5, 0.6) is 0 Å². The van der Waals surface area contributed by atoms with Crippen LogP contribution in [0.1, 0.15) is 24.5 Å². The number of carbonyl (C=O) groups is 1. The first-order chi connectivity index (χ1) is 8.20.